The highest BCUT2D eigenvalue weighted by atomic mass is 32.1. The van der Waals surface area contributed by atoms with Crippen molar-refractivity contribution >= 4 is 34.2 Å². The number of anilines is 1. The number of carboxylic acids is 1. The lowest BCUT2D eigenvalue weighted by molar-refractivity contribution is -0.313. The molecule has 0 unspecified atom stereocenters. The minimum Gasteiger partial charge on any atom is -0.550 e. The van der Waals surface area contributed by atoms with E-state index in [-0.39, 0.29) is 30.0 Å². The van der Waals surface area contributed by atoms with Crippen molar-refractivity contribution in [3.05, 3.63) is 52.7 Å². The molecule has 1 amide bonds. The summed E-state index contributed by atoms with van der Waals surface area (Å²) in [6, 6.07) is 5.71. The number of thiophene rings is 1. The molecule has 1 aliphatic carbocycles. The van der Waals surface area contributed by atoms with Gasteiger partial charge in [0.25, 0.3) is 0 Å². The van der Waals surface area contributed by atoms with Crippen LogP contribution < -0.4 is 10.4 Å². The van der Waals surface area contributed by atoms with E-state index in [0.29, 0.717) is 17.5 Å². The smallest absolute Gasteiger partial charge is 0.341 e. The van der Waals surface area contributed by atoms with Crippen LogP contribution in [-0.4, -0.2) is 24.5 Å². The first-order valence-corrected chi connectivity index (χ1v) is 10.9. The number of hydrogen-bond acceptors (Lipinski definition) is 6. The minimum absolute atomic E-state index is 0.187. The number of aliphatic carboxylic acids is 1. The zero-order valence-corrected chi connectivity index (χ0v) is 18.1. The molecule has 1 aromatic carbocycles. The Morgan fingerprint density at radius 2 is 1.81 bits per heavy atom. The summed E-state index contributed by atoms with van der Waals surface area (Å²) in [5.41, 5.74) is 1.36. The van der Waals surface area contributed by atoms with Gasteiger partial charge in [-0.1, -0.05) is 31.2 Å². The van der Waals surface area contributed by atoms with E-state index in [4.69, 9.17) is 4.74 Å². The van der Waals surface area contributed by atoms with Crippen LogP contribution in [0.3, 0.4) is 0 Å². The molecule has 31 heavy (non-hydrogen) atoms. The summed E-state index contributed by atoms with van der Waals surface area (Å²) in [4.78, 5) is 38.0. The number of benzene rings is 1. The second-order valence-corrected chi connectivity index (χ2v) is 8.57. The van der Waals surface area contributed by atoms with E-state index < -0.39 is 35.5 Å². The van der Waals surface area contributed by atoms with E-state index in [1.807, 2.05) is 6.92 Å². The second kappa shape index (κ2) is 9.87. The van der Waals surface area contributed by atoms with Gasteiger partial charge in [0.05, 0.1) is 12.5 Å². The van der Waals surface area contributed by atoms with E-state index >= 15 is 0 Å². The van der Waals surface area contributed by atoms with Crippen molar-refractivity contribution in [2.24, 2.45) is 11.8 Å². The van der Waals surface area contributed by atoms with Gasteiger partial charge in [-0.25, -0.2) is 9.18 Å². The molecular formula is C23H23FNO5S-. The number of rotatable bonds is 7. The lowest BCUT2D eigenvalue weighted by Gasteiger charge is -2.28. The maximum Gasteiger partial charge on any atom is 0.341 e. The Labute approximate surface area is 183 Å². The fraction of sp³-hybridized carbons (Fsp3) is 0.348. The number of amides is 1. The normalized spacial score (nSPS) is 17.9. The highest BCUT2D eigenvalue weighted by Crippen LogP contribution is 2.41. The van der Waals surface area contributed by atoms with Gasteiger partial charge in [0.2, 0.25) is 5.91 Å². The monoisotopic (exact) mass is 444 g/mol. The zero-order valence-electron chi connectivity index (χ0n) is 17.3. The third kappa shape index (κ3) is 5.02. The van der Waals surface area contributed by atoms with Crippen molar-refractivity contribution in [3.63, 3.8) is 0 Å². The number of nitrogens with one attached hydrogen (secondary N) is 1. The van der Waals surface area contributed by atoms with Crippen LogP contribution in [0.5, 0.6) is 0 Å². The first-order valence-electron chi connectivity index (χ1n) is 10.1. The molecule has 8 heteroatoms. The number of ether oxygens (including phenoxy) is 1. The number of carbonyl (C=O) groups is 3. The molecule has 0 aliphatic heterocycles. The average molecular weight is 445 g/mol. The van der Waals surface area contributed by atoms with E-state index in [0.717, 1.165) is 4.88 Å². The van der Waals surface area contributed by atoms with Gasteiger partial charge in [0.15, 0.2) is 0 Å². The fourth-order valence-electron chi connectivity index (χ4n) is 3.63. The van der Waals surface area contributed by atoms with Crippen molar-refractivity contribution in [1.29, 1.82) is 0 Å². The van der Waals surface area contributed by atoms with Gasteiger partial charge in [0.1, 0.15) is 16.4 Å². The molecule has 3 rings (SSSR count). The molecule has 164 valence electrons. The van der Waals surface area contributed by atoms with Gasteiger partial charge >= 0.3 is 5.97 Å². The molecule has 2 atom stereocenters. The lowest BCUT2D eigenvalue weighted by Crippen LogP contribution is -2.41. The molecule has 0 spiro atoms. The maximum atomic E-state index is 13.4. The van der Waals surface area contributed by atoms with Crippen molar-refractivity contribution < 1.29 is 28.6 Å². The van der Waals surface area contributed by atoms with Crippen LogP contribution in [0.25, 0.3) is 11.1 Å². The SMILES string of the molecule is CCCOC(=O)c1c(NC(=O)[C@H]2CC=CC[C@@H]2C(=O)[O-])sc(C)c1-c1ccc(F)cc1. The van der Waals surface area contributed by atoms with Crippen LogP contribution in [0.4, 0.5) is 9.39 Å². The predicted molar refractivity (Wildman–Crippen MR) is 114 cm³/mol. The number of aryl methyl sites for hydroxylation is 1. The first kappa shape index (κ1) is 22.7. The molecule has 1 aromatic heterocycles. The summed E-state index contributed by atoms with van der Waals surface area (Å²) in [6.45, 7) is 3.87. The molecule has 1 heterocycles. The number of allylic oxidation sites excluding steroid dienone is 2. The molecule has 1 N–H and O–H groups in total. The molecule has 1 aliphatic rings. The largest absolute Gasteiger partial charge is 0.550 e. The van der Waals surface area contributed by atoms with Gasteiger partial charge in [-0.2, -0.15) is 0 Å². The van der Waals surface area contributed by atoms with Crippen molar-refractivity contribution in [1.82, 2.24) is 0 Å². The third-order valence-corrected chi connectivity index (χ3v) is 6.19. The summed E-state index contributed by atoms with van der Waals surface area (Å²) in [7, 11) is 0. The highest BCUT2D eigenvalue weighted by molar-refractivity contribution is 7.17. The molecule has 0 saturated carbocycles. The van der Waals surface area contributed by atoms with Crippen LogP contribution in [-0.2, 0) is 14.3 Å². The number of halogens is 1. The summed E-state index contributed by atoms with van der Waals surface area (Å²) in [5, 5.41) is 14.5. The van der Waals surface area contributed by atoms with Gasteiger partial charge in [0, 0.05) is 22.3 Å². The van der Waals surface area contributed by atoms with Gasteiger partial charge in [-0.15, -0.1) is 11.3 Å². The van der Waals surface area contributed by atoms with Gasteiger partial charge < -0.3 is 20.0 Å². The van der Waals surface area contributed by atoms with Gasteiger partial charge in [-0.3, -0.25) is 4.79 Å². The van der Waals surface area contributed by atoms with Crippen molar-refractivity contribution in [2.75, 3.05) is 11.9 Å². The highest BCUT2D eigenvalue weighted by Gasteiger charge is 2.32. The maximum absolute atomic E-state index is 13.4. The number of carbonyl (C=O) groups excluding carboxylic acids is 3. The second-order valence-electron chi connectivity index (χ2n) is 7.34. The van der Waals surface area contributed by atoms with E-state index in [1.165, 1.54) is 23.5 Å². The fourth-order valence-corrected chi connectivity index (χ4v) is 4.69. The molecule has 0 saturated heterocycles. The predicted octanol–water partition coefficient (Wildman–Crippen LogP) is 3.70. The third-order valence-electron chi connectivity index (χ3n) is 5.17. The zero-order chi connectivity index (χ0) is 22.5. The summed E-state index contributed by atoms with van der Waals surface area (Å²) in [5.74, 6) is -4.50. The average Bonchev–Trinajstić information content (AvgIpc) is 3.08. The van der Waals surface area contributed by atoms with E-state index in [1.54, 1.807) is 31.2 Å². The Balaban J connectivity index is 1.99. The Kier molecular flexibility index (Phi) is 7.22. The van der Waals surface area contributed by atoms with Crippen LogP contribution in [0.15, 0.2) is 36.4 Å². The molecule has 2 aromatic rings. The molecule has 0 radical (unpaired) electrons. The van der Waals surface area contributed by atoms with E-state index in [9.17, 15) is 23.9 Å². The Morgan fingerprint density at radius 3 is 2.42 bits per heavy atom. The molecule has 0 bridgehead atoms. The standard InChI is InChI=1S/C23H24FNO5S/c1-3-12-30-23(29)19-18(14-8-10-15(24)11-9-14)13(2)31-21(19)25-20(26)16-6-4-5-7-17(16)22(27)28/h4-5,8-11,16-17H,3,6-7,12H2,1-2H3,(H,25,26)(H,27,28)/p-1/t16-,17-/m0/s1. The summed E-state index contributed by atoms with van der Waals surface area (Å²) in [6.07, 6.45) is 4.61. The minimum atomic E-state index is -1.28. The first-order chi connectivity index (χ1) is 14.8. The Bertz CT molecular complexity index is 1010. The Hall–Kier alpha value is -3.00. The Morgan fingerprint density at radius 1 is 1.16 bits per heavy atom. The van der Waals surface area contributed by atoms with Crippen molar-refractivity contribution in [3.8, 4) is 11.1 Å². The topological polar surface area (TPSA) is 95.5 Å². The molecular weight excluding hydrogens is 421 g/mol. The summed E-state index contributed by atoms with van der Waals surface area (Å²) < 4.78 is 18.7. The van der Waals surface area contributed by atoms with Crippen LogP contribution in [0, 0.1) is 24.6 Å². The van der Waals surface area contributed by atoms with Gasteiger partial charge in [-0.05, 0) is 43.9 Å². The lowest BCUT2D eigenvalue weighted by atomic mass is 9.82. The quantitative estimate of drug-likeness (QED) is 0.519. The van der Waals surface area contributed by atoms with Crippen LogP contribution >= 0.6 is 11.3 Å². The summed E-state index contributed by atoms with van der Waals surface area (Å²) >= 11 is 1.20. The van der Waals surface area contributed by atoms with Crippen LogP contribution in [0.1, 0.15) is 41.4 Å². The van der Waals surface area contributed by atoms with E-state index in [2.05, 4.69) is 5.32 Å². The van der Waals surface area contributed by atoms with Crippen LogP contribution in [0.2, 0.25) is 0 Å². The molecule has 6 nitrogen and oxygen atoms in total. The number of hydrogen-bond donors (Lipinski definition) is 1. The number of carboxylic acid groups (broad SMARTS) is 1. The number of esters is 1. The molecule has 0 fully saturated rings. The van der Waals surface area contributed by atoms with Crippen molar-refractivity contribution in [2.45, 2.75) is 33.1 Å².